The lowest BCUT2D eigenvalue weighted by molar-refractivity contribution is -0.129. The van der Waals surface area contributed by atoms with Crippen molar-refractivity contribution in [3.63, 3.8) is 0 Å². The lowest BCUT2D eigenvalue weighted by Gasteiger charge is -2.18. The number of nitrogens with one attached hydrogen (secondary N) is 1. The van der Waals surface area contributed by atoms with Crippen LogP contribution < -0.4 is 5.32 Å². The smallest absolute Gasteiger partial charge is 0.293 e. The van der Waals surface area contributed by atoms with Gasteiger partial charge in [-0.05, 0) is 19.1 Å². The van der Waals surface area contributed by atoms with Crippen LogP contribution in [0.3, 0.4) is 0 Å². The minimum atomic E-state index is -0.212. The third-order valence-corrected chi connectivity index (χ3v) is 2.57. The quantitative estimate of drug-likeness (QED) is 0.791. The van der Waals surface area contributed by atoms with Gasteiger partial charge < -0.3 is 10.1 Å². The third-order valence-electron chi connectivity index (χ3n) is 2.57. The zero-order valence-electron chi connectivity index (χ0n) is 10.5. The summed E-state index contributed by atoms with van der Waals surface area (Å²) in [5, 5.41) is 3.23. The Morgan fingerprint density at radius 2 is 2.11 bits per heavy atom. The molecule has 0 aromatic carbocycles. The molecule has 0 spiro atoms. The molecule has 0 amide bonds. The van der Waals surface area contributed by atoms with Crippen molar-refractivity contribution in [1.29, 1.82) is 0 Å². The number of hydrogen-bond acceptors (Lipinski definition) is 6. The number of aromatic nitrogens is 3. The summed E-state index contributed by atoms with van der Waals surface area (Å²) in [6.07, 6.45) is 6.54. The van der Waals surface area contributed by atoms with E-state index in [2.05, 4.69) is 20.3 Å². The first kappa shape index (κ1) is 12.9. The highest BCUT2D eigenvalue weighted by molar-refractivity contribution is 5.44. The second-order valence-electron chi connectivity index (χ2n) is 3.99. The molecule has 1 unspecified atom stereocenters. The van der Waals surface area contributed by atoms with Gasteiger partial charge in [-0.2, -0.15) is 0 Å². The summed E-state index contributed by atoms with van der Waals surface area (Å²) < 4.78 is 4.83. The van der Waals surface area contributed by atoms with Crippen LogP contribution in [-0.2, 0) is 9.53 Å². The van der Waals surface area contributed by atoms with Crippen LogP contribution in [0.4, 0.5) is 5.69 Å². The summed E-state index contributed by atoms with van der Waals surface area (Å²) in [6.45, 7) is 2.54. The third kappa shape index (κ3) is 3.74. The van der Waals surface area contributed by atoms with Crippen molar-refractivity contribution < 1.29 is 9.53 Å². The van der Waals surface area contributed by atoms with Crippen LogP contribution in [-0.4, -0.2) is 28.0 Å². The van der Waals surface area contributed by atoms with E-state index in [1.54, 1.807) is 18.6 Å². The van der Waals surface area contributed by atoms with Crippen molar-refractivity contribution in [1.82, 2.24) is 15.0 Å². The number of hydrogen-bond donors (Lipinski definition) is 1. The molecule has 0 aliphatic carbocycles. The van der Waals surface area contributed by atoms with Crippen LogP contribution >= 0.6 is 0 Å². The highest BCUT2D eigenvalue weighted by Crippen LogP contribution is 2.18. The Bertz CT molecular complexity index is 516. The van der Waals surface area contributed by atoms with E-state index in [1.165, 1.54) is 6.33 Å². The summed E-state index contributed by atoms with van der Waals surface area (Å²) in [5.41, 5.74) is 2.62. The molecule has 0 aliphatic heterocycles. The van der Waals surface area contributed by atoms with E-state index >= 15 is 0 Å². The van der Waals surface area contributed by atoms with Gasteiger partial charge in [0, 0.05) is 23.7 Å². The normalized spacial score (nSPS) is 11.6. The molecule has 2 aromatic rings. The maximum atomic E-state index is 10.3. The van der Waals surface area contributed by atoms with Gasteiger partial charge in [-0.1, -0.05) is 0 Å². The van der Waals surface area contributed by atoms with E-state index in [0.717, 1.165) is 16.9 Å². The fourth-order valence-electron chi connectivity index (χ4n) is 1.60. The molecule has 6 nitrogen and oxygen atoms in total. The summed E-state index contributed by atoms with van der Waals surface area (Å²) in [6, 6.07) is 3.61. The maximum absolute atomic E-state index is 10.3. The molecule has 2 aromatic heterocycles. The zero-order chi connectivity index (χ0) is 13.5. The van der Waals surface area contributed by atoms with E-state index in [-0.39, 0.29) is 12.6 Å². The van der Waals surface area contributed by atoms with Crippen molar-refractivity contribution >= 4 is 12.2 Å². The fourth-order valence-corrected chi connectivity index (χ4v) is 1.60. The minimum Gasteiger partial charge on any atom is -0.465 e. The van der Waals surface area contributed by atoms with Crippen molar-refractivity contribution in [3.8, 4) is 0 Å². The number of carbonyl (C=O) groups is 1. The van der Waals surface area contributed by atoms with Gasteiger partial charge in [0.25, 0.3) is 6.47 Å². The summed E-state index contributed by atoms with van der Waals surface area (Å²) in [4.78, 5) is 22.5. The van der Waals surface area contributed by atoms with Crippen molar-refractivity contribution in [2.45, 2.75) is 13.0 Å². The van der Waals surface area contributed by atoms with Gasteiger partial charge in [0.15, 0.2) is 0 Å². The van der Waals surface area contributed by atoms with E-state index in [4.69, 9.17) is 4.74 Å². The molecule has 1 atom stereocenters. The number of rotatable bonds is 6. The van der Waals surface area contributed by atoms with E-state index < -0.39 is 0 Å². The first-order valence-corrected chi connectivity index (χ1v) is 5.79. The number of nitrogens with zero attached hydrogens (tertiary/aromatic N) is 3. The molecular formula is C13H14N4O2. The fraction of sp³-hybridized carbons (Fsp3) is 0.231. The van der Waals surface area contributed by atoms with Gasteiger partial charge >= 0.3 is 0 Å². The standard InChI is InChI=1S/C13H14N4O2/c1-10-2-3-12(6-16-10)17-13(7-19-9-18)11-4-14-8-15-5-11/h2-6,8-9,13,17H,7H2,1H3. The molecule has 0 fully saturated rings. The Morgan fingerprint density at radius 1 is 1.32 bits per heavy atom. The minimum absolute atomic E-state index is 0.199. The Balaban J connectivity index is 2.14. The zero-order valence-corrected chi connectivity index (χ0v) is 10.5. The first-order valence-electron chi connectivity index (χ1n) is 5.79. The predicted molar refractivity (Wildman–Crippen MR) is 69.4 cm³/mol. The van der Waals surface area contributed by atoms with Crippen LogP contribution in [0.25, 0.3) is 0 Å². The van der Waals surface area contributed by atoms with E-state index in [9.17, 15) is 4.79 Å². The van der Waals surface area contributed by atoms with Crippen molar-refractivity contribution in [3.05, 3.63) is 48.3 Å². The molecule has 0 saturated carbocycles. The second-order valence-corrected chi connectivity index (χ2v) is 3.99. The van der Waals surface area contributed by atoms with Gasteiger partial charge in [-0.15, -0.1) is 0 Å². The Kier molecular flexibility index (Phi) is 4.39. The highest BCUT2D eigenvalue weighted by Gasteiger charge is 2.12. The maximum Gasteiger partial charge on any atom is 0.293 e. The highest BCUT2D eigenvalue weighted by atomic mass is 16.5. The second kappa shape index (κ2) is 6.44. The molecule has 0 saturated heterocycles. The number of ether oxygens (including phenoxy) is 1. The van der Waals surface area contributed by atoms with Gasteiger partial charge in [0.2, 0.25) is 0 Å². The summed E-state index contributed by atoms with van der Waals surface area (Å²) >= 11 is 0. The number of aryl methyl sites for hydroxylation is 1. The average Bonchev–Trinajstić information content (AvgIpc) is 2.46. The van der Waals surface area contributed by atoms with E-state index in [0.29, 0.717) is 6.47 Å². The number of carbonyl (C=O) groups excluding carboxylic acids is 1. The molecule has 0 aliphatic rings. The van der Waals surface area contributed by atoms with Gasteiger partial charge in [-0.25, -0.2) is 9.97 Å². The Morgan fingerprint density at radius 3 is 2.74 bits per heavy atom. The Labute approximate surface area is 110 Å². The molecule has 1 N–H and O–H groups in total. The van der Waals surface area contributed by atoms with Crippen LogP contribution in [0.5, 0.6) is 0 Å². The van der Waals surface area contributed by atoms with Gasteiger partial charge in [-0.3, -0.25) is 9.78 Å². The SMILES string of the molecule is Cc1ccc(NC(COC=O)c2cncnc2)cn1. The molecule has 0 radical (unpaired) electrons. The van der Waals surface area contributed by atoms with Gasteiger partial charge in [0.05, 0.1) is 17.9 Å². The van der Waals surface area contributed by atoms with Crippen molar-refractivity contribution in [2.75, 3.05) is 11.9 Å². The molecule has 0 bridgehead atoms. The summed E-state index contributed by atoms with van der Waals surface area (Å²) in [7, 11) is 0. The molecule has 2 rings (SSSR count). The first-order chi connectivity index (χ1) is 9.29. The molecule has 19 heavy (non-hydrogen) atoms. The summed E-state index contributed by atoms with van der Waals surface area (Å²) in [5.74, 6) is 0. The Hall–Kier alpha value is -2.50. The van der Waals surface area contributed by atoms with Crippen LogP contribution in [0.1, 0.15) is 17.3 Å². The van der Waals surface area contributed by atoms with E-state index in [1.807, 2.05) is 19.1 Å². The van der Waals surface area contributed by atoms with Crippen molar-refractivity contribution in [2.24, 2.45) is 0 Å². The lowest BCUT2D eigenvalue weighted by Crippen LogP contribution is -2.17. The molecule has 2 heterocycles. The van der Waals surface area contributed by atoms with Crippen LogP contribution in [0.2, 0.25) is 0 Å². The topological polar surface area (TPSA) is 77.0 Å². The lowest BCUT2D eigenvalue weighted by atomic mass is 10.1. The number of pyridine rings is 1. The molecule has 98 valence electrons. The molecule has 6 heteroatoms. The molecular weight excluding hydrogens is 244 g/mol. The number of anilines is 1. The van der Waals surface area contributed by atoms with Crippen LogP contribution in [0.15, 0.2) is 37.1 Å². The van der Waals surface area contributed by atoms with Crippen LogP contribution in [0, 0.1) is 6.92 Å². The average molecular weight is 258 g/mol. The largest absolute Gasteiger partial charge is 0.465 e. The predicted octanol–water partition coefficient (Wildman–Crippen LogP) is 1.51. The monoisotopic (exact) mass is 258 g/mol. The van der Waals surface area contributed by atoms with Gasteiger partial charge in [0.1, 0.15) is 12.9 Å².